The summed E-state index contributed by atoms with van der Waals surface area (Å²) in [6.07, 6.45) is 10.6. The van der Waals surface area contributed by atoms with Crippen molar-refractivity contribution >= 4 is 0 Å². The second-order valence-electron chi connectivity index (χ2n) is 2.31. The van der Waals surface area contributed by atoms with E-state index in [-0.39, 0.29) is 0 Å². The lowest BCUT2D eigenvalue weighted by Crippen LogP contribution is -1.73. The lowest BCUT2D eigenvalue weighted by Gasteiger charge is -1.93. The fourth-order valence-corrected chi connectivity index (χ4v) is 0.802. The summed E-state index contributed by atoms with van der Waals surface area (Å²) in [6, 6.07) is 0. The maximum Gasteiger partial charge on any atom is 0.0751 e. The second-order valence-corrected chi connectivity index (χ2v) is 2.31. The molecule has 1 nitrogen and oxygen atoms in total. The molecule has 1 heteroatoms. The van der Waals surface area contributed by atoms with Crippen LogP contribution >= 0.6 is 0 Å². The summed E-state index contributed by atoms with van der Waals surface area (Å²) in [7, 11) is 0. The Hall–Kier alpha value is -0.720. The molecule has 0 aromatic carbocycles. The minimum atomic E-state index is 0.994. The number of rotatable bonds is 6. The van der Waals surface area contributed by atoms with Gasteiger partial charge in [0.05, 0.1) is 6.26 Å². The molecule has 0 radical (unpaired) electrons. The number of aliphatic hydroxyl groups is 1. The molecule has 0 aliphatic rings. The molecule has 0 rings (SSSR count). The molecular weight excluding hydrogens is 124 g/mol. The maximum atomic E-state index is 8.27. The van der Waals surface area contributed by atoms with Gasteiger partial charge in [0.2, 0.25) is 0 Å². The lowest BCUT2D eigenvalue weighted by molar-refractivity contribution is 0.469. The molecule has 0 amide bonds. The lowest BCUT2D eigenvalue weighted by atomic mass is 10.1. The number of hydrogen-bond acceptors (Lipinski definition) is 1. The van der Waals surface area contributed by atoms with Crippen LogP contribution in [0.2, 0.25) is 0 Å². The Kier molecular flexibility index (Phi) is 7.68. The Morgan fingerprint density at radius 2 is 1.80 bits per heavy atom. The van der Waals surface area contributed by atoms with Gasteiger partial charge in [-0.05, 0) is 25.7 Å². The third-order valence-electron chi connectivity index (χ3n) is 1.38. The molecular formula is C9H16O. The van der Waals surface area contributed by atoms with E-state index in [1.54, 1.807) is 6.08 Å². The summed E-state index contributed by atoms with van der Waals surface area (Å²) in [5, 5.41) is 8.27. The fourth-order valence-electron chi connectivity index (χ4n) is 0.802. The van der Waals surface area contributed by atoms with Crippen LogP contribution < -0.4 is 0 Å². The van der Waals surface area contributed by atoms with Gasteiger partial charge in [0, 0.05) is 0 Å². The van der Waals surface area contributed by atoms with E-state index in [0.29, 0.717) is 0 Å². The quantitative estimate of drug-likeness (QED) is 0.341. The topological polar surface area (TPSA) is 20.2 Å². The van der Waals surface area contributed by atoms with E-state index >= 15 is 0 Å². The first kappa shape index (κ1) is 9.28. The molecule has 0 fully saturated rings. The van der Waals surface area contributed by atoms with Crippen LogP contribution in [0.3, 0.4) is 0 Å². The van der Waals surface area contributed by atoms with Gasteiger partial charge in [-0.15, -0.1) is 6.58 Å². The third-order valence-corrected chi connectivity index (χ3v) is 1.38. The first-order valence-electron chi connectivity index (χ1n) is 3.82. The number of unbranched alkanes of at least 4 members (excludes halogenated alkanes) is 4. The van der Waals surface area contributed by atoms with E-state index in [1.807, 2.05) is 6.08 Å². The average Bonchev–Trinajstić information content (AvgIpc) is 1.97. The number of allylic oxidation sites excluding steroid dienone is 2. The van der Waals surface area contributed by atoms with Crippen LogP contribution in [0.1, 0.15) is 32.1 Å². The molecule has 0 aliphatic carbocycles. The first-order chi connectivity index (χ1) is 4.91. The van der Waals surface area contributed by atoms with E-state index in [0.717, 1.165) is 19.1 Å². The standard InChI is InChI=1S/C9H16O/c1-2-3-4-5-6-7-8-9-10/h2,8-10H,1,3-7H2. The Morgan fingerprint density at radius 3 is 2.40 bits per heavy atom. The molecule has 0 spiro atoms. The van der Waals surface area contributed by atoms with Gasteiger partial charge in [-0.25, -0.2) is 0 Å². The number of aliphatic hydroxyl groups excluding tert-OH is 1. The zero-order valence-electron chi connectivity index (χ0n) is 6.42. The molecule has 0 saturated carbocycles. The van der Waals surface area contributed by atoms with Crippen molar-refractivity contribution in [2.24, 2.45) is 0 Å². The van der Waals surface area contributed by atoms with Gasteiger partial charge in [-0.1, -0.05) is 18.6 Å². The first-order valence-corrected chi connectivity index (χ1v) is 3.82. The summed E-state index contributed by atoms with van der Waals surface area (Å²) in [5.41, 5.74) is 0. The summed E-state index contributed by atoms with van der Waals surface area (Å²) in [6.45, 7) is 3.64. The van der Waals surface area contributed by atoms with Gasteiger partial charge in [0.15, 0.2) is 0 Å². The van der Waals surface area contributed by atoms with Crippen LogP contribution in [0.5, 0.6) is 0 Å². The highest BCUT2D eigenvalue weighted by atomic mass is 16.2. The summed E-state index contributed by atoms with van der Waals surface area (Å²) in [4.78, 5) is 0. The monoisotopic (exact) mass is 140 g/mol. The molecule has 58 valence electrons. The molecule has 0 aromatic rings. The molecule has 0 saturated heterocycles. The van der Waals surface area contributed by atoms with Crippen molar-refractivity contribution < 1.29 is 5.11 Å². The van der Waals surface area contributed by atoms with Gasteiger partial charge in [-0.3, -0.25) is 0 Å². The molecule has 0 heterocycles. The van der Waals surface area contributed by atoms with Crippen molar-refractivity contribution in [2.75, 3.05) is 0 Å². The largest absolute Gasteiger partial charge is 0.516 e. The normalized spacial score (nSPS) is 10.4. The zero-order valence-corrected chi connectivity index (χ0v) is 6.42. The SMILES string of the molecule is C=CCCCCCC=CO. The average molecular weight is 140 g/mol. The smallest absolute Gasteiger partial charge is 0.0751 e. The molecule has 0 bridgehead atoms. The van der Waals surface area contributed by atoms with Crippen LogP contribution in [0.15, 0.2) is 25.0 Å². The zero-order chi connectivity index (χ0) is 7.66. The summed E-state index contributed by atoms with van der Waals surface area (Å²) < 4.78 is 0. The Bertz CT molecular complexity index is 94.9. The predicted molar refractivity (Wildman–Crippen MR) is 45.1 cm³/mol. The Morgan fingerprint density at radius 1 is 1.10 bits per heavy atom. The molecule has 0 aliphatic heterocycles. The van der Waals surface area contributed by atoms with Gasteiger partial charge >= 0.3 is 0 Å². The minimum absolute atomic E-state index is 0.994. The van der Waals surface area contributed by atoms with E-state index < -0.39 is 0 Å². The number of hydrogen-bond donors (Lipinski definition) is 1. The predicted octanol–water partition coefficient (Wildman–Crippen LogP) is 3.19. The highest BCUT2D eigenvalue weighted by molar-refractivity contribution is 4.71. The molecule has 1 N–H and O–H groups in total. The van der Waals surface area contributed by atoms with Crippen molar-refractivity contribution in [2.45, 2.75) is 32.1 Å². The van der Waals surface area contributed by atoms with Gasteiger partial charge in [0.1, 0.15) is 0 Å². The summed E-state index contributed by atoms with van der Waals surface area (Å²) in [5.74, 6) is 0. The highest BCUT2D eigenvalue weighted by Gasteiger charge is 1.83. The molecule has 0 aromatic heterocycles. The molecule has 0 atom stereocenters. The molecule has 10 heavy (non-hydrogen) atoms. The van der Waals surface area contributed by atoms with Gasteiger partial charge < -0.3 is 5.11 Å². The van der Waals surface area contributed by atoms with Crippen LogP contribution in [-0.4, -0.2) is 5.11 Å². The highest BCUT2D eigenvalue weighted by Crippen LogP contribution is 2.03. The summed E-state index contributed by atoms with van der Waals surface area (Å²) >= 11 is 0. The van der Waals surface area contributed by atoms with Crippen molar-refractivity contribution in [3.05, 3.63) is 25.0 Å². The molecule has 0 unspecified atom stereocenters. The van der Waals surface area contributed by atoms with Gasteiger partial charge in [-0.2, -0.15) is 0 Å². The Balaban J connectivity index is 2.83. The van der Waals surface area contributed by atoms with E-state index in [4.69, 9.17) is 5.11 Å². The van der Waals surface area contributed by atoms with Crippen molar-refractivity contribution in [1.82, 2.24) is 0 Å². The van der Waals surface area contributed by atoms with Crippen LogP contribution in [0, 0.1) is 0 Å². The van der Waals surface area contributed by atoms with Crippen molar-refractivity contribution in [3.63, 3.8) is 0 Å². The minimum Gasteiger partial charge on any atom is -0.516 e. The van der Waals surface area contributed by atoms with Crippen LogP contribution in [0.25, 0.3) is 0 Å². The van der Waals surface area contributed by atoms with E-state index in [2.05, 4.69) is 6.58 Å². The van der Waals surface area contributed by atoms with Crippen molar-refractivity contribution in [1.29, 1.82) is 0 Å². The second kappa shape index (κ2) is 8.28. The van der Waals surface area contributed by atoms with E-state index in [1.165, 1.54) is 19.3 Å². The third kappa shape index (κ3) is 7.28. The maximum absolute atomic E-state index is 8.27. The van der Waals surface area contributed by atoms with E-state index in [9.17, 15) is 0 Å². The Labute approximate surface area is 63.1 Å². The fraction of sp³-hybridized carbons (Fsp3) is 0.556. The van der Waals surface area contributed by atoms with Gasteiger partial charge in [0.25, 0.3) is 0 Å². The van der Waals surface area contributed by atoms with Crippen molar-refractivity contribution in [3.8, 4) is 0 Å². The van der Waals surface area contributed by atoms with Crippen LogP contribution in [-0.2, 0) is 0 Å². The van der Waals surface area contributed by atoms with Crippen LogP contribution in [0.4, 0.5) is 0 Å².